The molecule has 2 aromatic carbocycles. The molecule has 0 unspecified atom stereocenters. The van der Waals surface area contributed by atoms with Crippen LogP contribution >= 0.6 is 0 Å². The van der Waals surface area contributed by atoms with Crippen LogP contribution in [0.4, 0.5) is 0 Å². The second-order valence-electron chi connectivity index (χ2n) is 4.07. The fourth-order valence-corrected chi connectivity index (χ4v) is 1.66. The highest BCUT2D eigenvalue weighted by molar-refractivity contribution is 6.20. The first kappa shape index (κ1) is 14.7. The lowest BCUT2D eigenvalue weighted by atomic mass is 10.2. The van der Waals surface area contributed by atoms with Gasteiger partial charge in [0.05, 0.1) is 14.2 Å². The van der Waals surface area contributed by atoms with Crippen molar-refractivity contribution in [2.45, 2.75) is 0 Å². The molecule has 0 aliphatic carbocycles. The Labute approximate surface area is 122 Å². The lowest BCUT2D eigenvalue weighted by molar-refractivity contribution is 0.368. The topological polar surface area (TPSA) is 77.4 Å². The van der Waals surface area contributed by atoms with Crippen molar-refractivity contribution in [1.29, 1.82) is 0 Å². The van der Waals surface area contributed by atoms with Crippen LogP contribution in [0.5, 0.6) is 34.5 Å². The van der Waals surface area contributed by atoms with E-state index in [1.54, 1.807) is 24.3 Å². The smallest absolute Gasteiger partial charge is 0.528 e. The molecule has 0 fully saturated rings. The molecule has 0 aromatic heterocycles. The third-order valence-corrected chi connectivity index (χ3v) is 2.75. The zero-order valence-corrected chi connectivity index (χ0v) is 11.7. The van der Waals surface area contributed by atoms with Crippen LogP contribution in [0.2, 0.25) is 0 Å². The Morgan fingerprint density at radius 1 is 0.762 bits per heavy atom. The number of ether oxygens (including phenoxy) is 2. The van der Waals surface area contributed by atoms with E-state index in [9.17, 15) is 10.2 Å². The SMILES string of the molecule is COc1cc(OBOc2ccc(O)c(OC)c2)ccc1O. The van der Waals surface area contributed by atoms with E-state index in [4.69, 9.17) is 18.8 Å². The van der Waals surface area contributed by atoms with E-state index in [1.807, 2.05) is 0 Å². The highest BCUT2D eigenvalue weighted by Gasteiger charge is 2.07. The van der Waals surface area contributed by atoms with Crippen molar-refractivity contribution < 1.29 is 29.0 Å². The number of phenols is 2. The van der Waals surface area contributed by atoms with Gasteiger partial charge in [-0.05, 0) is 24.3 Å². The van der Waals surface area contributed by atoms with Gasteiger partial charge >= 0.3 is 7.69 Å². The number of methoxy groups -OCH3 is 2. The molecule has 0 aliphatic rings. The van der Waals surface area contributed by atoms with Crippen LogP contribution in [0.25, 0.3) is 0 Å². The molecule has 0 atom stereocenters. The van der Waals surface area contributed by atoms with Gasteiger partial charge in [-0.3, -0.25) is 0 Å². The van der Waals surface area contributed by atoms with Gasteiger partial charge in [0.2, 0.25) is 0 Å². The van der Waals surface area contributed by atoms with Gasteiger partial charge in [-0.1, -0.05) is 0 Å². The molecule has 6 nitrogen and oxygen atoms in total. The number of hydrogen-bond donors (Lipinski definition) is 2. The lowest BCUT2D eigenvalue weighted by Crippen LogP contribution is -2.10. The fourth-order valence-electron chi connectivity index (χ4n) is 1.66. The van der Waals surface area contributed by atoms with Crippen molar-refractivity contribution in [3.63, 3.8) is 0 Å². The normalized spacial score (nSPS) is 9.81. The number of aromatic hydroxyl groups is 2. The third-order valence-electron chi connectivity index (χ3n) is 2.75. The van der Waals surface area contributed by atoms with E-state index in [-0.39, 0.29) is 19.2 Å². The summed E-state index contributed by atoms with van der Waals surface area (Å²) in [5.74, 6) is 1.70. The predicted molar refractivity (Wildman–Crippen MR) is 77.7 cm³/mol. The Morgan fingerprint density at radius 3 is 1.57 bits per heavy atom. The first-order valence-corrected chi connectivity index (χ1v) is 6.13. The monoisotopic (exact) mass is 290 g/mol. The Bertz CT molecular complexity index is 563. The highest BCUT2D eigenvalue weighted by Crippen LogP contribution is 2.31. The minimum absolute atomic E-state index is 0.0361. The van der Waals surface area contributed by atoms with Gasteiger partial charge in [-0.15, -0.1) is 0 Å². The van der Waals surface area contributed by atoms with Gasteiger partial charge in [0.15, 0.2) is 23.0 Å². The molecule has 7 heteroatoms. The van der Waals surface area contributed by atoms with E-state index >= 15 is 0 Å². The van der Waals surface area contributed by atoms with E-state index in [0.717, 1.165) is 0 Å². The highest BCUT2D eigenvalue weighted by atomic mass is 16.6. The van der Waals surface area contributed by atoms with Crippen LogP contribution in [0.3, 0.4) is 0 Å². The molecular weight excluding hydrogens is 275 g/mol. The van der Waals surface area contributed by atoms with E-state index in [1.165, 1.54) is 26.4 Å². The minimum Gasteiger partial charge on any atom is -0.528 e. The number of phenolic OH excluding ortho intramolecular Hbond substituents is 2. The summed E-state index contributed by atoms with van der Waals surface area (Å²) in [5, 5.41) is 18.9. The van der Waals surface area contributed by atoms with Crippen LogP contribution in [-0.2, 0) is 0 Å². The molecule has 0 spiro atoms. The quantitative estimate of drug-likeness (QED) is 0.790. The molecule has 2 rings (SSSR count). The van der Waals surface area contributed by atoms with Gasteiger partial charge in [-0.2, -0.15) is 0 Å². The molecule has 0 bridgehead atoms. The maximum Gasteiger partial charge on any atom is 0.576 e. The van der Waals surface area contributed by atoms with E-state index in [2.05, 4.69) is 0 Å². The third kappa shape index (κ3) is 3.65. The van der Waals surface area contributed by atoms with Crippen molar-refractivity contribution in [3.8, 4) is 34.5 Å². The molecule has 0 aliphatic heterocycles. The maximum atomic E-state index is 9.47. The van der Waals surface area contributed by atoms with Gasteiger partial charge in [0.25, 0.3) is 0 Å². The summed E-state index contributed by atoms with van der Waals surface area (Å²) in [6.45, 7) is 0. The summed E-state index contributed by atoms with van der Waals surface area (Å²) in [5.41, 5.74) is 0. The minimum atomic E-state index is -0.0398. The van der Waals surface area contributed by atoms with Gasteiger partial charge < -0.3 is 29.0 Å². The summed E-state index contributed by atoms with van der Waals surface area (Å²) in [6.07, 6.45) is 0. The van der Waals surface area contributed by atoms with Crippen LogP contribution < -0.4 is 18.8 Å². The Hall–Kier alpha value is -2.70. The Balaban J connectivity index is 1.95. The summed E-state index contributed by atoms with van der Waals surface area (Å²) < 4.78 is 20.7. The van der Waals surface area contributed by atoms with Crippen LogP contribution in [0.15, 0.2) is 36.4 Å². The van der Waals surface area contributed by atoms with Gasteiger partial charge in [0, 0.05) is 12.1 Å². The number of benzene rings is 2. The van der Waals surface area contributed by atoms with Gasteiger partial charge in [-0.25, -0.2) is 0 Å². The van der Waals surface area contributed by atoms with Crippen LogP contribution in [-0.4, -0.2) is 32.1 Å². The summed E-state index contributed by atoms with van der Waals surface area (Å²) >= 11 is 0. The zero-order chi connectivity index (χ0) is 15.2. The average Bonchev–Trinajstić information content (AvgIpc) is 2.50. The molecule has 21 heavy (non-hydrogen) atoms. The second-order valence-corrected chi connectivity index (χ2v) is 4.07. The summed E-state index contributed by atoms with van der Waals surface area (Å²) in [7, 11) is 2.87. The van der Waals surface area contributed by atoms with Crippen LogP contribution in [0, 0.1) is 0 Å². The number of rotatable bonds is 6. The average molecular weight is 290 g/mol. The number of hydrogen-bond acceptors (Lipinski definition) is 6. The molecular formula is C14H15BO6. The van der Waals surface area contributed by atoms with Crippen LogP contribution in [0.1, 0.15) is 0 Å². The van der Waals surface area contributed by atoms with Crippen molar-refractivity contribution in [2.24, 2.45) is 0 Å². The van der Waals surface area contributed by atoms with E-state index < -0.39 is 0 Å². The van der Waals surface area contributed by atoms with Crippen molar-refractivity contribution in [2.75, 3.05) is 14.2 Å². The maximum absolute atomic E-state index is 9.47. The lowest BCUT2D eigenvalue weighted by Gasteiger charge is -2.10. The first-order chi connectivity index (χ1) is 10.1. The fraction of sp³-hybridized carbons (Fsp3) is 0.143. The molecule has 0 saturated heterocycles. The van der Waals surface area contributed by atoms with E-state index in [0.29, 0.717) is 23.0 Å². The summed E-state index contributed by atoms with van der Waals surface area (Å²) in [4.78, 5) is 0. The standard InChI is InChI=1S/C14H15BO6/c1-18-13-7-9(3-5-11(13)16)20-15-21-10-4-6-12(17)14(8-10)19-2/h3-8,15-17H,1-2H3. The van der Waals surface area contributed by atoms with Crippen molar-refractivity contribution >= 4 is 7.69 Å². The molecule has 0 radical (unpaired) electrons. The second kappa shape index (κ2) is 6.65. The Kier molecular flexibility index (Phi) is 4.66. The van der Waals surface area contributed by atoms with Crippen molar-refractivity contribution in [3.05, 3.63) is 36.4 Å². The van der Waals surface area contributed by atoms with Crippen molar-refractivity contribution in [1.82, 2.24) is 0 Å². The molecule has 110 valence electrons. The Morgan fingerprint density at radius 2 is 1.19 bits per heavy atom. The predicted octanol–water partition coefficient (Wildman–Crippen LogP) is 1.84. The first-order valence-electron chi connectivity index (χ1n) is 6.13. The molecule has 2 N–H and O–H groups in total. The molecule has 0 heterocycles. The van der Waals surface area contributed by atoms with Gasteiger partial charge in [0.1, 0.15) is 11.5 Å². The molecule has 2 aromatic rings. The molecule has 0 amide bonds. The largest absolute Gasteiger partial charge is 0.576 e. The zero-order valence-electron chi connectivity index (χ0n) is 11.7. The summed E-state index contributed by atoms with van der Waals surface area (Å²) in [6, 6.07) is 9.24. The molecule has 0 saturated carbocycles.